The van der Waals surface area contributed by atoms with Crippen molar-refractivity contribution < 1.29 is 4.74 Å². The van der Waals surface area contributed by atoms with E-state index < -0.39 is 0 Å². The Morgan fingerprint density at radius 2 is 2.35 bits per heavy atom. The van der Waals surface area contributed by atoms with Gasteiger partial charge in [0.1, 0.15) is 5.75 Å². The van der Waals surface area contributed by atoms with Crippen LogP contribution in [0.5, 0.6) is 5.75 Å². The van der Waals surface area contributed by atoms with Crippen molar-refractivity contribution in [3.63, 3.8) is 0 Å². The molecule has 4 heteroatoms. The lowest BCUT2D eigenvalue weighted by Crippen LogP contribution is -2.25. The summed E-state index contributed by atoms with van der Waals surface area (Å²) < 4.78 is 7.86. The first-order chi connectivity index (χ1) is 9.84. The Balaban J connectivity index is 1.68. The van der Waals surface area contributed by atoms with Crippen LogP contribution in [-0.2, 0) is 6.54 Å². The van der Waals surface area contributed by atoms with Crippen LogP contribution >= 0.6 is 0 Å². The normalized spacial score (nSPS) is 18.1. The third kappa shape index (κ3) is 2.85. The molecule has 0 amide bonds. The van der Waals surface area contributed by atoms with Gasteiger partial charge < -0.3 is 10.1 Å². The van der Waals surface area contributed by atoms with Gasteiger partial charge >= 0.3 is 0 Å². The Kier molecular flexibility index (Phi) is 4.02. The molecule has 1 N–H and O–H groups in total. The maximum Gasteiger partial charge on any atom is 0.126 e. The first kappa shape index (κ1) is 13.2. The standard InChI is InChI=1S/C16H21N3O/c1-13-5-2-6-14-15(7-3-12-20-16(13)14)17-9-11-19-10-4-8-18-19/h2,4-6,8,10,15,17H,3,7,9,11-12H2,1H3. The van der Waals surface area contributed by atoms with Crippen molar-refractivity contribution in [2.45, 2.75) is 32.4 Å². The van der Waals surface area contributed by atoms with Gasteiger partial charge in [-0.2, -0.15) is 5.10 Å². The molecule has 20 heavy (non-hydrogen) atoms. The number of fused-ring (bicyclic) bond motifs is 1. The summed E-state index contributed by atoms with van der Waals surface area (Å²) in [6, 6.07) is 8.75. The maximum atomic E-state index is 5.90. The Hall–Kier alpha value is -1.81. The molecular weight excluding hydrogens is 250 g/mol. The molecule has 0 spiro atoms. The number of hydrogen-bond donors (Lipinski definition) is 1. The summed E-state index contributed by atoms with van der Waals surface area (Å²) in [5.74, 6) is 1.07. The van der Waals surface area contributed by atoms with E-state index in [0.29, 0.717) is 6.04 Å². The molecule has 0 bridgehead atoms. The number of nitrogens with one attached hydrogen (secondary N) is 1. The first-order valence-electron chi connectivity index (χ1n) is 7.28. The second-order valence-corrected chi connectivity index (χ2v) is 5.26. The van der Waals surface area contributed by atoms with Gasteiger partial charge in [-0.1, -0.05) is 18.2 Å². The van der Waals surface area contributed by atoms with E-state index in [1.54, 1.807) is 0 Å². The van der Waals surface area contributed by atoms with Gasteiger partial charge in [0.05, 0.1) is 13.2 Å². The van der Waals surface area contributed by atoms with E-state index in [-0.39, 0.29) is 0 Å². The number of nitrogens with zero attached hydrogens (tertiary/aromatic N) is 2. The monoisotopic (exact) mass is 271 g/mol. The summed E-state index contributed by atoms with van der Waals surface area (Å²) in [5.41, 5.74) is 2.52. The Labute approximate surface area is 119 Å². The number of ether oxygens (including phenoxy) is 1. The van der Waals surface area contributed by atoms with Gasteiger partial charge in [-0.3, -0.25) is 4.68 Å². The van der Waals surface area contributed by atoms with Crippen LogP contribution in [0.1, 0.15) is 30.0 Å². The molecule has 4 nitrogen and oxygen atoms in total. The molecule has 2 aromatic rings. The minimum Gasteiger partial charge on any atom is -0.493 e. The van der Waals surface area contributed by atoms with Crippen LogP contribution < -0.4 is 10.1 Å². The van der Waals surface area contributed by atoms with E-state index >= 15 is 0 Å². The molecular formula is C16H21N3O. The predicted molar refractivity (Wildman–Crippen MR) is 78.9 cm³/mol. The number of para-hydroxylation sites is 1. The topological polar surface area (TPSA) is 39.1 Å². The molecule has 1 aliphatic rings. The minimum atomic E-state index is 0.378. The lowest BCUT2D eigenvalue weighted by molar-refractivity contribution is 0.313. The molecule has 0 radical (unpaired) electrons. The van der Waals surface area contributed by atoms with Gasteiger partial charge in [-0.05, 0) is 31.4 Å². The van der Waals surface area contributed by atoms with Crippen molar-refractivity contribution >= 4 is 0 Å². The van der Waals surface area contributed by atoms with Gasteiger partial charge in [0.25, 0.3) is 0 Å². The van der Waals surface area contributed by atoms with Crippen molar-refractivity contribution in [3.8, 4) is 5.75 Å². The highest BCUT2D eigenvalue weighted by atomic mass is 16.5. The molecule has 2 heterocycles. The molecule has 106 valence electrons. The van der Waals surface area contributed by atoms with Crippen LogP contribution in [0.25, 0.3) is 0 Å². The molecule has 0 saturated heterocycles. The SMILES string of the molecule is Cc1cccc2c1OCCCC2NCCn1cccn1. The Morgan fingerprint density at radius 1 is 1.40 bits per heavy atom. The average Bonchev–Trinajstić information content (AvgIpc) is 2.87. The number of rotatable bonds is 4. The van der Waals surface area contributed by atoms with Crippen LogP contribution in [0.4, 0.5) is 0 Å². The second-order valence-electron chi connectivity index (χ2n) is 5.26. The minimum absolute atomic E-state index is 0.378. The molecule has 1 aliphatic heterocycles. The van der Waals surface area contributed by atoms with E-state index in [9.17, 15) is 0 Å². The molecule has 1 aromatic heterocycles. The smallest absolute Gasteiger partial charge is 0.126 e. The molecule has 0 saturated carbocycles. The molecule has 3 rings (SSSR count). The van der Waals surface area contributed by atoms with Crippen LogP contribution in [0.3, 0.4) is 0 Å². The average molecular weight is 271 g/mol. The quantitative estimate of drug-likeness (QED) is 0.929. The molecule has 0 aliphatic carbocycles. The lowest BCUT2D eigenvalue weighted by atomic mass is 10.00. The summed E-state index contributed by atoms with van der Waals surface area (Å²) in [6.07, 6.45) is 6.03. The third-order valence-electron chi connectivity index (χ3n) is 3.79. The van der Waals surface area contributed by atoms with Gasteiger partial charge in [0.15, 0.2) is 0 Å². The van der Waals surface area contributed by atoms with E-state index in [1.165, 1.54) is 11.1 Å². The number of aromatic nitrogens is 2. The molecule has 1 atom stereocenters. The molecule has 1 unspecified atom stereocenters. The van der Waals surface area contributed by atoms with Gasteiger partial charge in [-0.25, -0.2) is 0 Å². The van der Waals surface area contributed by atoms with Crippen LogP contribution in [0, 0.1) is 6.92 Å². The Morgan fingerprint density at radius 3 is 3.20 bits per heavy atom. The van der Waals surface area contributed by atoms with Crippen molar-refractivity contribution in [3.05, 3.63) is 47.8 Å². The van der Waals surface area contributed by atoms with E-state index in [2.05, 4.69) is 35.5 Å². The van der Waals surface area contributed by atoms with Crippen LogP contribution in [0.2, 0.25) is 0 Å². The Bertz CT molecular complexity index is 551. The fraction of sp³-hybridized carbons (Fsp3) is 0.438. The lowest BCUT2D eigenvalue weighted by Gasteiger charge is -2.19. The van der Waals surface area contributed by atoms with Crippen molar-refractivity contribution in [1.82, 2.24) is 15.1 Å². The molecule has 0 fully saturated rings. The van der Waals surface area contributed by atoms with Gasteiger partial charge in [0, 0.05) is 30.5 Å². The highest BCUT2D eigenvalue weighted by Crippen LogP contribution is 2.33. The van der Waals surface area contributed by atoms with Crippen LogP contribution in [0.15, 0.2) is 36.7 Å². The highest BCUT2D eigenvalue weighted by Gasteiger charge is 2.20. The third-order valence-corrected chi connectivity index (χ3v) is 3.79. The van der Waals surface area contributed by atoms with Crippen molar-refractivity contribution in [2.75, 3.05) is 13.2 Å². The van der Waals surface area contributed by atoms with Crippen molar-refractivity contribution in [1.29, 1.82) is 0 Å². The highest BCUT2D eigenvalue weighted by molar-refractivity contribution is 5.43. The number of hydrogen-bond acceptors (Lipinski definition) is 3. The largest absolute Gasteiger partial charge is 0.493 e. The summed E-state index contributed by atoms with van der Waals surface area (Å²) in [6.45, 7) is 4.74. The number of benzene rings is 1. The second kappa shape index (κ2) is 6.09. The fourth-order valence-electron chi connectivity index (χ4n) is 2.76. The van der Waals surface area contributed by atoms with E-state index in [0.717, 1.165) is 38.3 Å². The van der Waals surface area contributed by atoms with Crippen molar-refractivity contribution in [2.24, 2.45) is 0 Å². The van der Waals surface area contributed by atoms with E-state index in [1.807, 2.05) is 23.1 Å². The zero-order valence-corrected chi connectivity index (χ0v) is 11.9. The van der Waals surface area contributed by atoms with Gasteiger partial charge in [0.2, 0.25) is 0 Å². The maximum absolute atomic E-state index is 5.90. The summed E-state index contributed by atoms with van der Waals surface area (Å²) in [7, 11) is 0. The number of aryl methyl sites for hydroxylation is 1. The van der Waals surface area contributed by atoms with Gasteiger partial charge in [-0.15, -0.1) is 0 Å². The molecule has 1 aromatic carbocycles. The van der Waals surface area contributed by atoms with Crippen LogP contribution in [-0.4, -0.2) is 22.9 Å². The van der Waals surface area contributed by atoms with E-state index in [4.69, 9.17) is 4.74 Å². The zero-order chi connectivity index (χ0) is 13.8. The summed E-state index contributed by atoms with van der Waals surface area (Å²) >= 11 is 0. The summed E-state index contributed by atoms with van der Waals surface area (Å²) in [5, 5.41) is 7.87. The zero-order valence-electron chi connectivity index (χ0n) is 11.9. The predicted octanol–water partition coefficient (Wildman–Crippen LogP) is 2.70. The fourth-order valence-corrected chi connectivity index (χ4v) is 2.76. The summed E-state index contributed by atoms with van der Waals surface area (Å²) in [4.78, 5) is 0. The first-order valence-corrected chi connectivity index (χ1v) is 7.28.